The lowest BCUT2D eigenvalue weighted by atomic mass is 10.2. The number of nitrogens with one attached hydrogen (secondary N) is 1. The van der Waals surface area contributed by atoms with Crippen molar-refractivity contribution in [2.24, 2.45) is 0 Å². The minimum absolute atomic E-state index is 0.226. The van der Waals surface area contributed by atoms with Crippen molar-refractivity contribution in [1.82, 2.24) is 15.3 Å². The number of hydrogen-bond acceptors (Lipinski definition) is 6. The second-order valence-corrected chi connectivity index (χ2v) is 6.31. The van der Waals surface area contributed by atoms with Crippen LogP contribution in [0.25, 0.3) is 0 Å². The zero-order chi connectivity index (χ0) is 19.1. The number of piperazine rings is 1. The molecule has 27 heavy (non-hydrogen) atoms. The smallest absolute Gasteiger partial charge is 0.271 e. The van der Waals surface area contributed by atoms with Crippen LogP contribution < -0.4 is 15.1 Å². The summed E-state index contributed by atoms with van der Waals surface area (Å²) in [6.07, 6.45) is 3.90. The van der Waals surface area contributed by atoms with Crippen LogP contribution in [0.3, 0.4) is 0 Å². The first-order valence-electron chi connectivity index (χ1n) is 9.02. The zero-order valence-electron chi connectivity index (χ0n) is 15.4. The number of carbonyl (C=O) groups is 1. The molecular weight excluding hydrogens is 349 g/mol. The second-order valence-electron chi connectivity index (χ2n) is 6.31. The van der Waals surface area contributed by atoms with Crippen LogP contribution in [0, 0.1) is 5.82 Å². The van der Waals surface area contributed by atoms with E-state index >= 15 is 0 Å². The summed E-state index contributed by atoms with van der Waals surface area (Å²) >= 11 is 0. The second kappa shape index (κ2) is 9.27. The number of nitrogens with zero attached hydrogens (tertiary/aromatic N) is 4. The Kier molecular flexibility index (Phi) is 6.54. The van der Waals surface area contributed by atoms with Crippen molar-refractivity contribution >= 4 is 17.4 Å². The molecule has 0 aliphatic carbocycles. The highest BCUT2D eigenvalue weighted by molar-refractivity contribution is 5.91. The lowest BCUT2D eigenvalue weighted by molar-refractivity contribution is 0.0943. The Morgan fingerprint density at radius 1 is 1.11 bits per heavy atom. The summed E-state index contributed by atoms with van der Waals surface area (Å²) in [6.45, 7) is 4.35. The van der Waals surface area contributed by atoms with Gasteiger partial charge in [0.15, 0.2) is 0 Å². The highest BCUT2D eigenvalue weighted by atomic mass is 19.1. The third-order valence-electron chi connectivity index (χ3n) is 4.48. The molecule has 144 valence electrons. The fourth-order valence-electron chi connectivity index (χ4n) is 2.96. The number of halogens is 1. The molecular formula is C19H24FN5O2. The third kappa shape index (κ3) is 5.13. The molecule has 7 nitrogen and oxygen atoms in total. The monoisotopic (exact) mass is 373 g/mol. The zero-order valence-corrected chi connectivity index (χ0v) is 15.4. The van der Waals surface area contributed by atoms with Crippen LogP contribution in [0.2, 0.25) is 0 Å². The Labute approximate surface area is 158 Å². The molecule has 1 N–H and O–H groups in total. The summed E-state index contributed by atoms with van der Waals surface area (Å²) in [6, 6.07) is 6.55. The molecule has 1 aliphatic heterocycles. The molecule has 1 fully saturated rings. The molecule has 0 saturated carbocycles. The van der Waals surface area contributed by atoms with Crippen LogP contribution in [-0.4, -0.2) is 62.3 Å². The lowest BCUT2D eigenvalue weighted by Crippen LogP contribution is -2.46. The first-order valence-corrected chi connectivity index (χ1v) is 9.02. The summed E-state index contributed by atoms with van der Waals surface area (Å²) in [4.78, 5) is 25.0. The van der Waals surface area contributed by atoms with Gasteiger partial charge in [0.05, 0.1) is 12.4 Å². The van der Waals surface area contributed by atoms with Crippen LogP contribution in [0.1, 0.15) is 16.9 Å². The van der Waals surface area contributed by atoms with Crippen LogP contribution in [0.4, 0.5) is 15.9 Å². The van der Waals surface area contributed by atoms with Gasteiger partial charge in [-0.25, -0.2) is 14.4 Å². The van der Waals surface area contributed by atoms with Crippen molar-refractivity contribution in [1.29, 1.82) is 0 Å². The number of aromatic nitrogens is 2. The molecule has 0 atom stereocenters. The van der Waals surface area contributed by atoms with E-state index in [-0.39, 0.29) is 11.7 Å². The van der Waals surface area contributed by atoms with E-state index in [0.717, 1.165) is 44.1 Å². The molecule has 1 aromatic heterocycles. The average Bonchev–Trinajstić information content (AvgIpc) is 2.72. The van der Waals surface area contributed by atoms with Crippen molar-refractivity contribution < 1.29 is 13.9 Å². The largest absolute Gasteiger partial charge is 0.385 e. The number of anilines is 2. The fourth-order valence-corrected chi connectivity index (χ4v) is 2.96. The topological polar surface area (TPSA) is 70.6 Å². The van der Waals surface area contributed by atoms with Crippen molar-refractivity contribution in [3.8, 4) is 0 Å². The summed E-state index contributed by atoms with van der Waals surface area (Å²) in [5.41, 5.74) is 1.32. The van der Waals surface area contributed by atoms with Gasteiger partial charge in [0.2, 0.25) is 0 Å². The predicted octanol–water partition coefficient (Wildman–Crippen LogP) is 1.71. The third-order valence-corrected chi connectivity index (χ3v) is 4.48. The van der Waals surface area contributed by atoms with E-state index in [1.807, 2.05) is 0 Å². The Bertz CT molecular complexity index is 731. The van der Waals surface area contributed by atoms with Crippen molar-refractivity contribution in [3.05, 3.63) is 48.2 Å². The van der Waals surface area contributed by atoms with Crippen LogP contribution in [-0.2, 0) is 4.74 Å². The van der Waals surface area contributed by atoms with Crippen molar-refractivity contribution in [3.63, 3.8) is 0 Å². The van der Waals surface area contributed by atoms with Crippen molar-refractivity contribution in [2.45, 2.75) is 6.42 Å². The van der Waals surface area contributed by atoms with Gasteiger partial charge in [-0.2, -0.15) is 0 Å². The highest BCUT2D eigenvalue weighted by Crippen LogP contribution is 2.19. The molecule has 2 aromatic rings. The average molecular weight is 373 g/mol. The summed E-state index contributed by atoms with van der Waals surface area (Å²) in [7, 11) is 1.63. The van der Waals surface area contributed by atoms with Crippen LogP contribution >= 0.6 is 0 Å². The van der Waals surface area contributed by atoms with E-state index in [0.29, 0.717) is 18.8 Å². The fraction of sp³-hybridized carbons (Fsp3) is 0.421. The first-order chi connectivity index (χ1) is 13.2. The maximum Gasteiger partial charge on any atom is 0.271 e. The maximum atomic E-state index is 13.1. The first kappa shape index (κ1) is 19.0. The molecule has 2 heterocycles. The molecule has 1 amide bonds. The van der Waals surface area contributed by atoms with Crippen LogP contribution in [0.15, 0.2) is 36.7 Å². The van der Waals surface area contributed by atoms with E-state index in [2.05, 4.69) is 25.1 Å². The molecule has 8 heteroatoms. The van der Waals surface area contributed by atoms with Gasteiger partial charge in [0.1, 0.15) is 17.3 Å². The number of hydrogen-bond donors (Lipinski definition) is 1. The molecule has 0 radical (unpaired) electrons. The minimum Gasteiger partial charge on any atom is -0.385 e. The Balaban J connectivity index is 1.51. The lowest BCUT2D eigenvalue weighted by Gasteiger charge is -2.36. The standard InChI is InChI=1S/C19H24FN5O2/c1-27-12-2-7-21-19(26)17-13-23-18(14-22-17)25-10-8-24(9-11-25)16-5-3-15(20)4-6-16/h3-6,13-14H,2,7-12H2,1H3,(H,21,26). The van der Waals surface area contributed by atoms with Gasteiger partial charge in [-0.1, -0.05) is 0 Å². The van der Waals surface area contributed by atoms with E-state index in [9.17, 15) is 9.18 Å². The Morgan fingerprint density at radius 3 is 2.44 bits per heavy atom. The number of benzene rings is 1. The molecule has 0 unspecified atom stereocenters. The molecule has 1 aromatic carbocycles. The van der Waals surface area contributed by atoms with Gasteiger partial charge in [-0.05, 0) is 30.7 Å². The van der Waals surface area contributed by atoms with E-state index < -0.39 is 0 Å². The van der Waals surface area contributed by atoms with Gasteiger partial charge >= 0.3 is 0 Å². The molecule has 1 aliphatic rings. The minimum atomic E-state index is -0.230. The van der Waals surface area contributed by atoms with E-state index in [1.165, 1.54) is 18.3 Å². The van der Waals surface area contributed by atoms with E-state index in [4.69, 9.17) is 4.74 Å². The number of carbonyl (C=O) groups excluding carboxylic acids is 1. The number of methoxy groups -OCH3 is 1. The number of ether oxygens (including phenoxy) is 1. The Hall–Kier alpha value is -2.74. The normalized spacial score (nSPS) is 14.3. The number of amides is 1. The molecule has 0 bridgehead atoms. The quantitative estimate of drug-likeness (QED) is 0.745. The van der Waals surface area contributed by atoms with Crippen LogP contribution in [0.5, 0.6) is 0 Å². The molecule has 3 rings (SSSR count). The van der Waals surface area contributed by atoms with Gasteiger partial charge in [0, 0.05) is 52.1 Å². The van der Waals surface area contributed by atoms with Gasteiger partial charge in [-0.3, -0.25) is 4.79 Å². The predicted molar refractivity (Wildman–Crippen MR) is 102 cm³/mol. The van der Waals surface area contributed by atoms with Gasteiger partial charge in [0.25, 0.3) is 5.91 Å². The highest BCUT2D eigenvalue weighted by Gasteiger charge is 2.19. The summed E-state index contributed by atoms with van der Waals surface area (Å²) in [5, 5.41) is 2.79. The molecule has 1 saturated heterocycles. The SMILES string of the molecule is COCCCNC(=O)c1cnc(N2CCN(c3ccc(F)cc3)CC2)cn1. The number of rotatable bonds is 7. The van der Waals surface area contributed by atoms with E-state index in [1.54, 1.807) is 25.4 Å². The maximum absolute atomic E-state index is 13.1. The summed E-state index contributed by atoms with van der Waals surface area (Å²) < 4.78 is 18.0. The van der Waals surface area contributed by atoms with Crippen molar-refractivity contribution in [2.75, 3.05) is 56.2 Å². The summed E-state index contributed by atoms with van der Waals surface area (Å²) in [5.74, 6) is 0.298. The molecule has 0 spiro atoms. The van der Waals surface area contributed by atoms with Gasteiger partial charge < -0.3 is 19.9 Å². The Morgan fingerprint density at radius 2 is 1.81 bits per heavy atom. The van der Waals surface area contributed by atoms with Gasteiger partial charge in [-0.15, -0.1) is 0 Å².